The average Bonchev–Trinajstić information content (AvgIpc) is 2.02. The smallest absolute Gasteiger partial charge is 0.146 e. The summed E-state index contributed by atoms with van der Waals surface area (Å²) in [5.74, 6) is 0.163. The number of rotatable bonds is 6. The molecule has 0 aromatic heterocycles. The van der Waals surface area contributed by atoms with Crippen molar-refractivity contribution in [1.29, 1.82) is 0 Å². The van der Waals surface area contributed by atoms with Crippen LogP contribution in [0.1, 0.15) is 33.6 Å². The summed E-state index contributed by atoms with van der Waals surface area (Å²) >= 11 is 0. The minimum atomic E-state index is -0.735. The molecule has 2 unspecified atom stereocenters. The zero-order valence-corrected chi connectivity index (χ0v) is 9.01. The lowest BCUT2D eigenvalue weighted by molar-refractivity contribution is -0.121. The van der Waals surface area contributed by atoms with Crippen LogP contribution in [0.5, 0.6) is 0 Å². The Morgan fingerprint density at radius 1 is 1.46 bits per heavy atom. The number of hydrogen-bond donors (Lipinski definition) is 0. The molecule has 2 atom stereocenters. The number of carbonyl (C=O) groups is 1. The van der Waals surface area contributed by atoms with E-state index in [2.05, 4.69) is 0 Å². The summed E-state index contributed by atoms with van der Waals surface area (Å²) in [6, 6.07) is -0.0464. The van der Waals surface area contributed by atoms with Gasteiger partial charge in [-0.05, 0) is 47.2 Å². The number of halogens is 1. The van der Waals surface area contributed by atoms with Gasteiger partial charge >= 0.3 is 0 Å². The van der Waals surface area contributed by atoms with Crippen LogP contribution in [0.4, 0.5) is 4.39 Å². The molecule has 0 amide bonds. The van der Waals surface area contributed by atoms with E-state index in [-0.39, 0.29) is 11.8 Å². The van der Waals surface area contributed by atoms with E-state index in [0.717, 1.165) is 13.0 Å². The molecule has 0 aliphatic rings. The van der Waals surface area contributed by atoms with Crippen LogP contribution < -0.4 is 0 Å². The Morgan fingerprint density at radius 2 is 2.00 bits per heavy atom. The number of hydrogen-bond acceptors (Lipinski definition) is 2. The first-order valence-electron chi connectivity index (χ1n) is 4.80. The van der Waals surface area contributed by atoms with Crippen molar-refractivity contribution < 1.29 is 9.18 Å². The highest BCUT2D eigenvalue weighted by atomic mass is 19.1. The molecule has 0 aliphatic carbocycles. The van der Waals surface area contributed by atoms with Crippen LogP contribution in [0, 0.1) is 0 Å². The maximum Gasteiger partial charge on any atom is 0.146 e. The molecule has 78 valence electrons. The normalized spacial score (nSPS) is 15.8. The van der Waals surface area contributed by atoms with Crippen molar-refractivity contribution in [1.82, 2.24) is 4.90 Å². The summed E-state index contributed by atoms with van der Waals surface area (Å²) in [6.07, 6.45) is 0.654. The Balaban J connectivity index is 3.61. The van der Waals surface area contributed by atoms with E-state index in [1.54, 1.807) is 13.8 Å². The number of carbonyl (C=O) groups excluding carboxylic acids is 1. The second kappa shape index (κ2) is 6.08. The maximum absolute atomic E-state index is 12.4. The van der Waals surface area contributed by atoms with Gasteiger partial charge in [-0.2, -0.15) is 0 Å². The molecular formula is C10H20FNO. The highest BCUT2D eigenvalue weighted by molar-refractivity contribution is 5.80. The van der Waals surface area contributed by atoms with Gasteiger partial charge in [0, 0.05) is 0 Å². The van der Waals surface area contributed by atoms with Gasteiger partial charge in [-0.25, -0.2) is 4.39 Å². The van der Waals surface area contributed by atoms with Gasteiger partial charge in [0.2, 0.25) is 0 Å². The van der Waals surface area contributed by atoms with Crippen LogP contribution in [0.15, 0.2) is 0 Å². The van der Waals surface area contributed by atoms with Crippen LogP contribution >= 0.6 is 0 Å². The van der Waals surface area contributed by atoms with E-state index in [0.29, 0.717) is 6.42 Å². The topological polar surface area (TPSA) is 20.3 Å². The summed E-state index contributed by atoms with van der Waals surface area (Å²) in [4.78, 5) is 12.9. The molecule has 0 fully saturated rings. The van der Waals surface area contributed by atoms with E-state index in [4.69, 9.17) is 0 Å². The van der Waals surface area contributed by atoms with Gasteiger partial charge in [0.25, 0.3) is 0 Å². The van der Waals surface area contributed by atoms with Crippen LogP contribution in [-0.4, -0.2) is 36.5 Å². The molecule has 0 rings (SSSR count). The van der Waals surface area contributed by atoms with Crippen molar-refractivity contribution in [2.24, 2.45) is 0 Å². The lowest BCUT2D eigenvalue weighted by atomic mass is 10.2. The third-order valence-electron chi connectivity index (χ3n) is 2.36. The molecule has 0 bridgehead atoms. The Morgan fingerprint density at radius 3 is 2.38 bits per heavy atom. The monoisotopic (exact) mass is 189 g/mol. The van der Waals surface area contributed by atoms with Crippen molar-refractivity contribution in [2.45, 2.75) is 45.8 Å². The van der Waals surface area contributed by atoms with Crippen LogP contribution in [0.2, 0.25) is 0 Å². The number of Topliss-reactive ketones (excluding diaryl/α,β-unsaturated/α-hetero) is 1. The fourth-order valence-corrected chi connectivity index (χ4v) is 1.13. The molecule has 0 radical (unpaired) electrons. The van der Waals surface area contributed by atoms with Gasteiger partial charge in [-0.15, -0.1) is 0 Å². The number of likely N-dealkylation sites (N-methyl/N-ethyl adjacent to an activating group) is 1. The van der Waals surface area contributed by atoms with Gasteiger partial charge in [-0.1, -0.05) is 0 Å². The number of nitrogens with zero attached hydrogens (tertiary/aromatic N) is 1. The van der Waals surface area contributed by atoms with Crippen LogP contribution in [-0.2, 0) is 4.79 Å². The molecule has 0 heterocycles. The highest BCUT2D eigenvalue weighted by Gasteiger charge is 2.13. The Kier molecular flexibility index (Phi) is 5.88. The molecule has 0 saturated heterocycles. The van der Waals surface area contributed by atoms with Gasteiger partial charge in [0.15, 0.2) is 0 Å². The summed E-state index contributed by atoms with van der Waals surface area (Å²) in [5.41, 5.74) is 0. The number of alkyl halides is 1. The van der Waals surface area contributed by atoms with Crippen molar-refractivity contribution in [3.63, 3.8) is 0 Å². The molecule has 3 heteroatoms. The van der Waals surface area contributed by atoms with Gasteiger partial charge in [0.05, 0.1) is 12.2 Å². The lowest BCUT2D eigenvalue weighted by Crippen LogP contribution is -2.35. The molecule has 0 N–H and O–H groups in total. The van der Waals surface area contributed by atoms with Gasteiger partial charge in [-0.3, -0.25) is 9.69 Å². The van der Waals surface area contributed by atoms with E-state index in [1.165, 1.54) is 0 Å². The van der Waals surface area contributed by atoms with Crippen molar-refractivity contribution >= 4 is 5.78 Å². The van der Waals surface area contributed by atoms with Crippen LogP contribution in [0.3, 0.4) is 0 Å². The zero-order chi connectivity index (χ0) is 10.4. The molecular weight excluding hydrogens is 169 g/mol. The second-order valence-electron chi connectivity index (χ2n) is 3.69. The minimum Gasteiger partial charge on any atom is -0.298 e. The first-order chi connectivity index (χ1) is 5.95. The molecule has 0 aromatic rings. The SMILES string of the molecule is CC(=O)C(C)N(C)CCCC(C)F. The summed E-state index contributed by atoms with van der Waals surface area (Å²) in [6.45, 7) is 5.81. The Hall–Kier alpha value is -0.440. The molecule has 0 spiro atoms. The fraction of sp³-hybridized carbons (Fsp3) is 0.900. The fourth-order valence-electron chi connectivity index (χ4n) is 1.13. The highest BCUT2D eigenvalue weighted by Crippen LogP contribution is 2.04. The lowest BCUT2D eigenvalue weighted by Gasteiger charge is -2.22. The van der Waals surface area contributed by atoms with E-state index in [9.17, 15) is 9.18 Å². The average molecular weight is 189 g/mol. The van der Waals surface area contributed by atoms with Crippen molar-refractivity contribution in [2.75, 3.05) is 13.6 Å². The van der Waals surface area contributed by atoms with E-state index >= 15 is 0 Å². The van der Waals surface area contributed by atoms with E-state index in [1.807, 2.05) is 18.9 Å². The van der Waals surface area contributed by atoms with Crippen molar-refractivity contribution in [3.8, 4) is 0 Å². The van der Waals surface area contributed by atoms with Gasteiger partial charge in [0.1, 0.15) is 5.78 Å². The molecule has 2 nitrogen and oxygen atoms in total. The minimum absolute atomic E-state index is 0.0464. The Labute approximate surface area is 80.1 Å². The summed E-state index contributed by atoms with van der Waals surface area (Å²) in [7, 11) is 1.90. The number of ketones is 1. The second-order valence-corrected chi connectivity index (χ2v) is 3.69. The van der Waals surface area contributed by atoms with Crippen molar-refractivity contribution in [3.05, 3.63) is 0 Å². The largest absolute Gasteiger partial charge is 0.298 e. The third-order valence-corrected chi connectivity index (χ3v) is 2.36. The standard InChI is InChI=1S/C10H20FNO/c1-8(11)6-5-7-12(4)9(2)10(3)13/h8-9H,5-7H2,1-4H3. The molecule has 0 aliphatic heterocycles. The zero-order valence-electron chi connectivity index (χ0n) is 9.01. The summed E-state index contributed by atoms with van der Waals surface area (Å²) in [5, 5.41) is 0. The molecule has 13 heavy (non-hydrogen) atoms. The molecule has 0 saturated carbocycles. The van der Waals surface area contributed by atoms with Crippen LogP contribution in [0.25, 0.3) is 0 Å². The predicted molar refractivity (Wildman–Crippen MR) is 52.6 cm³/mol. The summed E-state index contributed by atoms with van der Waals surface area (Å²) < 4.78 is 12.4. The first-order valence-corrected chi connectivity index (χ1v) is 4.80. The third kappa shape index (κ3) is 5.75. The molecule has 0 aromatic carbocycles. The quantitative estimate of drug-likeness (QED) is 0.637. The first kappa shape index (κ1) is 12.6. The Bertz CT molecular complexity index is 159. The predicted octanol–water partition coefficient (Wildman–Crippen LogP) is 2.03. The van der Waals surface area contributed by atoms with Gasteiger partial charge < -0.3 is 0 Å². The maximum atomic E-state index is 12.4. The van der Waals surface area contributed by atoms with E-state index < -0.39 is 6.17 Å².